The number of nitrogen functional groups attached to an aromatic ring is 2. The van der Waals surface area contributed by atoms with Crippen LogP contribution >= 0.6 is 0 Å². The highest BCUT2D eigenvalue weighted by molar-refractivity contribution is 6.05. The average Bonchev–Trinajstić information content (AvgIpc) is 2.46. The van der Waals surface area contributed by atoms with Crippen molar-refractivity contribution in [2.24, 2.45) is 5.73 Å². The van der Waals surface area contributed by atoms with Crippen LogP contribution in [0, 0.1) is 0 Å². The zero-order valence-electron chi connectivity index (χ0n) is 7.24. The van der Waals surface area contributed by atoms with Crippen molar-refractivity contribution < 1.29 is 4.79 Å². The lowest BCUT2D eigenvalue weighted by Gasteiger charge is -2.00. The highest BCUT2D eigenvalue weighted by atomic mass is 16.1. The maximum absolute atomic E-state index is 10.9. The number of primary amides is 1. The van der Waals surface area contributed by atoms with Gasteiger partial charge in [0.2, 0.25) is 0 Å². The lowest BCUT2D eigenvalue weighted by Crippen LogP contribution is -2.13. The first-order valence-corrected chi connectivity index (χ1v) is 3.93. The Labute approximate surface area is 79.1 Å². The molecule has 0 unspecified atom stereocenters. The third kappa shape index (κ3) is 1.05. The van der Waals surface area contributed by atoms with Gasteiger partial charge < -0.3 is 22.2 Å². The summed E-state index contributed by atoms with van der Waals surface area (Å²) in [6, 6.07) is 3.20. The Bertz CT molecular complexity index is 516. The quantitative estimate of drug-likeness (QED) is 0.467. The molecule has 1 amide bonds. The van der Waals surface area contributed by atoms with E-state index in [1.165, 1.54) is 6.07 Å². The summed E-state index contributed by atoms with van der Waals surface area (Å²) in [4.78, 5) is 17.7. The van der Waals surface area contributed by atoms with Crippen molar-refractivity contribution in [1.29, 1.82) is 0 Å². The van der Waals surface area contributed by atoms with Crippen LogP contribution in [0.5, 0.6) is 0 Å². The first kappa shape index (κ1) is 8.36. The third-order valence-corrected chi connectivity index (χ3v) is 1.98. The molecule has 0 bridgehead atoms. The smallest absolute Gasteiger partial charge is 0.250 e. The molecule has 0 aliphatic rings. The monoisotopic (exact) mass is 191 g/mol. The van der Waals surface area contributed by atoms with Crippen molar-refractivity contribution in [2.75, 3.05) is 11.5 Å². The minimum absolute atomic E-state index is 0.253. The second kappa shape index (κ2) is 2.63. The highest BCUT2D eigenvalue weighted by Gasteiger charge is 2.11. The number of H-pyrrole nitrogens is 1. The molecule has 2 rings (SSSR count). The van der Waals surface area contributed by atoms with Gasteiger partial charge in [-0.05, 0) is 12.1 Å². The number of aromatic amines is 1. The van der Waals surface area contributed by atoms with Crippen molar-refractivity contribution >= 4 is 28.6 Å². The van der Waals surface area contributed by atoms with E-state index in [0.717, 1.165) is 0 Å². The van der Waals surface area contributed by atoms with Gasteiger partial charge in [-0.2, -0.15) is 0 Å². The van der Waals surface area contributed by atoms with Gasteiger partial charge in [0.15, 0.2) is 5.95 Å². The summed E-state index contributed by atoms with van der Waals surface area (Å²) < 4.78 is 0. The van der Waals surface area contributed by atoms with E-state index in [-0.39, 0.29) is 17.2 Å². The lowest BCUT2D eigenvalue weighted by atomic mass is 10.1. The number of nitrogens with two attached hydrogens (primary N) is 3. The summed E-state index contributed by atoms with van der Waals surface area (Å²) in [5.74, 6) is -0.320. The molecule has 0 fully saturated rings. The number of hydrogen-bond donors (Lipinski definition) is 4. The van der Waals surface area contributed by atoms with Gasteiger partial charge in [0.25, 0.3) is 5.91 Å². The van der Waals surface area contributed by atoms with Crippen molar-refractivity contribution in [3.8, 4) is 0 Å². The third-order valence-electron chi connectivity index (χ3n) is 1.98. The Hall–Kier alpha value is -2.24. The molecule has 1 aromatic heterocycles. The molecule has 14 heavy (non-hydrogen) atoms. The Balaban J connectivity index is 2.80. The summed E-state index contributed by atoms with van der Waals surface area (Å²) in [6.45, 7) is 0. The normalized spacial score (nSPS) is 10.6. The Morgan fingerprint density at radius 3 is 2.71 bits per heavy atom. The van der Waals surface area contributed by atoms with E-state index in [1.54, 1.807) is 6.07 Å². The van der Waals surface area contributed by atoms with Crippen LogP contribution in [-0.2, 0) is 0 Å². The number of aromatic nitrogens is 2. The van der Waals surface area contributed by atoms with Crippen molar-refractivity contribution in [1.82, 2.24) is 9.97 Å². The summed E-state index contributed by atoms with van der Waals surface area (Å²) in [5.41, 5.74) is 17.9. The van der Waals surface area contributed by atoms with Crippen LogP contribution in [0.2, 0.25) is 0 Å². The SMILES string of the molecule is NC(=O)c1ccc2[nH]c(N)nc2c1N. The summed E-state index contributed by atoms with van der Waals surface area (Å²) in [7, 11) is 0. The molecular weight excluding hydrogens is 182 g/mol. The molecule has 0 radical (unpaired) electrons. The van der Waals surface area contributed by atoms with E-state index < -0.39 is 5.91 Å². The second-order valence-corrected chi connectivity index (χ2v) is 2.91. The molecule has 0 aliphatic heterocycles. The predicted octanol–water partition coefficient (Wildman–Crippen LogP) is -0.174. The van der Waals surface area contributed by atoms with Crippen LogP contribution in [0.4, 0.5) is 11.6 Å². The van der Waals surface area contributed by atoms with Gasteiger partial charge >= 0.3 is 0 Å². The molecule has 6 heteroatoms. The fourth-order valence-electron chi connectivity index (χ4n) is 1.33. The van der Waals surface area contributed by atoms with Crippen LogP contribution < -0.4 is 17.2 Å². The van der Waals surface area contributed by atoms with Gasteiger partial charge in [0, 0.05) is 0 Å². The zero-order valence-corrected chi connectivity index (χ0v) is 7.24. The number of fused-ring (bicyclic) bond motifs is 1. The van der Waals surface area contributed by atoms with Crippen LogP contribution in [0.1, 0.15) is 10.4 Å². The van der Waals surface area contributed by atoms with Crippen LogP contribution in [0.3, 0.4) is 0 Å². The number of carbonyl (C=O) groups excluding carboxylic acids is 1. The fraction of sp³-hybridized carbons (Fsp3) is 0. The maximum Gasteiger partial charge on any atom is 0.250 e. The molecule has 0 saturated heterocycles. The van der Waals surface area contributed by atoms with E-state index in [2.05, 4.69) is 9.97 Å². The zero-order chi connectivity index (χ0) is 10.3. The number of nitrogens with zero attached hydrogens (tertiary/aromatic N) is 1. The van der Waals surface area contributed by atoms with Crippen LogP contribution in [-0.4, -0.2) is 15.9 Å². The predicted molar refractivity (Wildman–Crippen MR) is 53.4 cm³/mol. The van der Waals surface area contributed by atoms with Gasteiger partial charge in [-0.15, -0.1) is 0 Å². The number of benzene rings is 1. The molecule has 7 N–H and O–H groups in total. The summed E-state index contributed by atoms with van der Waals surface area (Å²) >= 11 is 0. The lowest BCUT2D eigenvalue weighted by molar-refractivity contribution is 0.100. The molecule has 6 nitrogen and oxygen atoms in total. The first-order chi connectivity index (χ1) is 6.59. The van der Waals surface area contributed by atoms with E-state index in [1.807, 2.05) is 0 Å². The average molecular weight is 191 g/mol. The molecule has 1 heterocycles. The van der Waals surface area contributed by atoms with Crippen molar-refractivity contribution in [3.63, 3.8) is 0 Å². The Morgan fingerprint density at radius 1 is 1.36 bits per heavy atom. The molecule has 0 saturated carbocycles. The standard InChI is InChI=1S/C8H9N5O/c9-5-3(7(10)14)1-2-4-6(5)13-8(11)12-4/h1-2H,9H2,(H2,10,14)(H3,11,12,13). The van der Waals surface area contributed by atoms with Gasteiger partial charge in [-0.25, -0.2) is 4.98 Å². The van der Waals surface area contributed by atoms with E-state index >= 15 is 0 Å². The highest BCUT2D eigenvalue weighted by Crippen LogP contribution is 2.23. The van der Waals surface area contributed by atoms with Gasteiger partial charge in [0.1, 0.15) is 5.52 Å². The van der Waals surface area contributed by atoms with Gasteiger partial charge in [-0.1, -0.05) is 0 Å². The molecule has 0 atom stereocenters. The summed E-state index contributed by atoms with van der Waals surface area (Å²) in [5, 5.41) is 0. The first-order valence-electron chi connectivity index (χ1n) is 3.93. The number of anilines is 2. The van der Waals surface area contributed by atoms with Gasteiger partial charge in [0.05, 0.1) is 16.8 Å². The van der Waals surface area contributed by atoms with Gasteiger partial charge in [-0.3, -0.25) is 4.79 Å². The number of hydrogen-bond acceptors (Lipinski definition) is 4. The molecular formula is C8H9N5O. The second-order valence-electron chi connectivity index (χ2n) is 2.91. The molecule has 2 aromatic rings. The van der Waals surface area contributed by atoms with Crippen molar-refractivity contribution in [3.05, 3.63) is 17.7 Å². The Morgan fingerprint density at radius 2 is 2.07 bits per heavy atom. The van der Waals surface area contributed by atoms with E-state index in [4.69, 9.17) is 17.2 Å². The number of carbonyl (C=O) groups is 1. The van der Waals surface area contributed by atoms with Crippen LogP contribution in [0.25, 0.3) is 11.0 Å². The fourth-order valence-corrected chi connectivity index (χ4v) is 1.33. The minimum Gasteiger partial charge on any atom is -0.396 e. The van der Waals surface area contributed by atoms with Crippen molar-refractivity contribution in [2.45, 2.75) is 0 Å². The number of amides is 1. The largest absolute Gasteiger partial charge is 0.396 e. The number of imidazole rings is 1. The number of nitrogens with one attached hydrogen (secondary N) is 1. The van der Waals surface area contributed by atoms with Crippen LogP contribution in [0.15, 0.2) is 12.1 Å². The molecule has 0 spiro atoms. The molecule has 1 aromatic carbocycles. The topological polar surface area (TPSA) is 124 Å². The minimum atomic E-state index is -0.578. The summed E-state index contributed by atoms with van der Waals surface area (Å²) in [6.07, 6.45) is 0. The Kier molecular flexibility index (Phi) is 1.57. The molecule has 72 valence electrons. The van der Waals surface area contributed by atoms with E-state index in [0.29, 0.717) is 11.0 Å². The number of rotatable bonds is 1. The maximum atomic E-state index is 10.9. The van der Waals surface area contributed by atoms with E-state index in [9.17, 15) is 4.79 Å². The molecule has 0 aliphatic carbocycles.